The molecule has 1 heterocycles. The lowest BCUT2D eigenvalue weighted by Crippen LogP contribution is -2.29. The number of hydrogen-bond donors (Lipinski definition) is 1. The van der Waals surface area contributed by atoms with E-state index in [9.17, 15) is 9.59 Å². The second-order valence-corrected chi connectivity index (χ2v) is 7.98. The number of rotatable bonds is 7. The summed E-state index contributed by atoms with van der Waals surface area (Å²) >= 11 is 0. The molecule has 4 rings (SSSR count). The van der Waals surface area contributed by atoms with Gasteiger partial charge in [-0.1, -0.05) is 36.4 Å². The largest absolute Gasteiger partial charge is 0.484 e. The van der Waals surface area contributed by atoms with Crippen LogP contribution >= 0.6 is 0 Å². The van der Waals surface area contributed by atoms with E-state index < -0.39 is 0 Å². The van der Waals surface area contributed by atoms with Crippen molar-refractivity contribution in [3.63, 3.8) is 0 Å². The first-order chi connectivity index (χ1) is 16.1. The summed E-state index contributed by atoms with van der Waals surface area (Å²) in [5, 5.41) is 11.7. The van der Waals surface area contributed by atoms with Crippen LogP contribution in [-0.2, 0) is 11.3 Å². The van der Waals surface area contributed by atoms with Crippen LogP contribution in [0.3, 0.4) is 0 Å². The summed E-state index contributed by atoms with van der Waals surface area (Å²) in [7, 11) is 0. The third kappa shape index (κ3) is 5.78. The van der Waals surface area contributed by atoms with Gasteiger partial charge in [0, 0.05) is 25.2 Å². The average molecular weight is 440 g/mol. The number of carbonyl (C=O) groups is 2. The zero-order valence-corrected chi connectivity index (χ0v) is 18.3. The molecule has 166 valence electrons. The number of hydrogen-bond acceptors (Lipinski definition) is 4. The van der Waals surface area contributed by atoms with E-state index in [0.717, 1.165) is 42.6 Å². The molecule has 1 aliphatic heterocycles. The molecule has 0 spiro atoms. The molecule has 0 bridgehead atoms. The lowest BCUT2D eigenvalue weighted by molar-refractivity contribution is -0.123. The second-order valence-electron chi connectivity index (χ2n) is 7.98. The molecule has 0 radical (unpaired) electrons. The van der Waals surface area contributed by atoms with E-state index >= 15 is 0 Å². The van der Waals surface area contributed by atoms with Gasteiger partial charge in [-0.3, -0.25) is 9.59 Å². The molecule has 2 amide bonds. The van der Waals surface area contributed by atoms with Crippen LogP contribution < -0.4 is 10.1 Å². The molecule has 3 aromatic rings. The minimum absolute atomic E-state index is 0.0710. The maximum Gasteiger partial charge on any atom is 0.258 e. The van der Waals surface area contributed by atoms with Crippen LogP contribution in [0.4, 0.5) is 0 Å². The first-order valence-corrected chi connectivity index (χ1v) is 11.0. The predicted octanol–water partition coefficient (Wildman–Crippen LogP) is 4.16. The number of amides is 2. The number of carbonyl (C=O) groups excluding carboxylic acids is 2. The van der Waals surface area contributed by atoms with Crippen molar-refractivity contribution in [1.82, 2.24) is 10.2 Å². The summed E-state index contributed by atoms with van der Waals surface area (Å²) < 4.78 is 5.59. The molecule has 0 atom stereocenters. The lowest BCUT2D eigenvalue weighted by atomic mass is 10.0. The Bertz CT molecular complexity index is 1140. The summed E-state index contributed by atoms with van der Waals surface area (Å²) in [5.41, 5.74) is 4.23. The van der Waals surface area contributed by atoms with Gasteiger partial charge in [-0.2, -0.15) is 5.26 Å². The molecule has 6 heteroatoms. The van der Waals surface area contributed by atoms with Gasteiger partial charge in [0.25, 0.3) is 11.8 Å². The van der Waals surface area contributed by atoms with E-state index in [1.54, 1.807) is 12.1 Å². The average Bonchev–Trinajstić information content (AvgIpc) is 3.42. The number of nitrogens with zero attached hydrogens (tertiary/aromatic N) is 2. The normalized spacial score (nSPS) is 12.8. The third-order valence-electron chi connectivity index (χ3n) is 5.66. The molecular formula is C27H25N3O3. The SMILES string of the molecule is N#Cc1ccc(-c2ccc(OCC(=O)NCc3ccc(C(=O)N4CCCC4)cc3)cc2)cc1. The van der Waals surface area contributed by atoms with Gasteiger partial charge in [0.1, 0.15) is 5.75 Å². The van der Waals surface area contributed by atoms with Crippen molar-refractivity contribution < 1.29 is 14.3 Å². The highest BCUT2D eigenvalue weighted by atomic mass is 16.5. The van der Waals surface area contributed by atoms with Crippen LogP contribution in [0.2, 0.25) is 0 Å². The molecule has 0 saturated carbocycles. The van der Waals surface area contributed by atoms with Crippen molar-refractivity contribution in [1.29, 1.82) is 5.26 Å². The van der Waals surface area contributed by atoms with Gasteiger partial charge in [0.05, 0.1) is 11.6 Å². The minimum atomic E-state index is -0.219. The molecule has 1 fully saturated rings. The molecule has 0 aliphatic carbocycles. The number of nitriles is 1. The molecule has 0 aromatic heterocycles. The Morgan fingerprint density at radius 2 is 1.48 bits per heavy atom. The van der Waals surface area contributed by atoms with E-state index in [-0.39, 0.29) is 18.4 Å². The topological polar surface area (TPSA) is 82.4 Å². The predicted molar refractivity (Wildman–Crippen MR) is 126 cm³/mol. The van der Waals surface area contributed by atoms with E-state index in [1.807, 2.05) is 65.6 Å². The summed E-state index contributed by atoms with van der Waals surface area (Å²) in [4.78, 5) is 26.4. The molecule has 1 aliphatic rings. The smallest absolute Gasteiger partial charge is 0.258 e. The van der Waals surface area contributed by atoms with Gasteiger partial charge in [-0.25, -0.2) is 0 Å². The van der Waals surface area contributed by atoms with Gasteiger partial charge in [0.2, 0.25) is 0 Å². The monoisotopic (exact) mass is 439 g/mol. The highest BCUT2D eigenvalue weighted by molar-refractivity contribution is 5.94. The summed E-state index contributed by atoms with van der Waals surface area (Å²) in [6, 6.07) is 24.3. The molecule has 1 saturated heterocycles. The maximum atomic E-state index is 12.4. The maximum absolute atomic E-state index is 12.4. The Morgan fingerprint density at radius 1 is 0.879 bits per heavy atom. The Balaban J connectivity index is 1.23. The fourth-order valence-electron chi connectivity index (χ4n) is 3.75. The van der Waals surface area contributed by atoms with Crippen molar-refractivity contribution >= 4 is 11.8 Å². The Hall–Kier alpha value is -4.11. The van der Waals surface area contributed by atoms with Gasteiger partial charge < -0.3 is 15.0 Å². The highest BCUT2D eigenvalue weighted by Crippen LogP contribution is 2.22. The fraction of sp³-hybridized carbons (Fsp3) is 0.222. The molecule has 6 nitrogen and oxygen atoms in total. The van der Waals surface area contributed by atoms with Crippen molar-refractivity contribution in [3.05, 3.63) is 89.5 Å². The van der Waals surface area contributed by atoms with E-state index in [1.165, 1.54) is 0 Å². The second kappa shape index (κ2) is 10.5. The number of likely N-dealkylation sites (tertiary alicyclic amines) is 1. The summed E-state index contributed by atoms with van der Waals surface area (Å²) in [5.74, 6) is 0.456. The third-order valence-corrected chi connectivity index (χ3v) is 5.66. The van der Waals surface area contributed by atoms with Gasteiger partial charge in [0.15, 0.2) is 6.61 Å². The van der Waals surface area contributed by atoms with Crippen LogP contribution in [0, 0.1) is 11.3 Å². The first-order valence-electron chi connectivity index (χ1n) is 11.0. The van der Waals surface area contributed by atoms with E-state index in [4.69, 9.17) is 10.00 Å². The van der Waals surface area contributed by atoms with Crippen LogP contribution in [-0.4, -0.2) is 36.4 Å². The molecule has 33 heavy (non-hydrogen) atoms. The fourth-order valence-corrected chi connectivity index (χ4v) is 3.75. The van der Waals surface area contributed by atoms with Crippen LogP contribution in [0.15, 0.2) is 72.8 Å². The minimum Gasteiger partial charge on any atom is -0.484 e. The summed E-state index contributed by atoms with van der Waals surface area (Å²) in [6.45, 7) is 1.95. The zero-order chi connectivity index (χ0) is 23.0. The Labute approximate surface area is 193 Å². The quantitative estimate of drug-likeness (QED) is 0.599. The van der Waals surface area contributed by atoms with Crippen molar-refractivity contribution in [2.45, 2.75) is 19.4 Å². The van der Waals surface area contributed by atoms with Crippen molar-refractivity contribution in [2.24, 2.45) is 0 Å². The molecule has 3 aromatic carbocycles. The molecule has 0 unspecified atom stereocenters. The van der Waals surface area contributed by atoms with E-state index in [2.05, 4.69) is 11.4 Å². The molecular weight excluding hydrogens is 414 g/mol. The van der Waals surface area contributed by atoms with Crippen molar-refractivity contribution in [2.75, 3.05) is 19.7 Å². The zero-order valence-electron chi connectivity index (χ0n) is 18.3. The Morgan fingerprint density at radius 3 is 2.09 bits per heavy atom. The first kappa shape index (κ1) is 22.1. The Kier molecular flexibility index (Phi) is 7.01. The lowest BCUT2D eigenvalue weighted by Gasteiger charge is -2.15. The van der Waals surface area contributed by atoms with Gasteiger partial charge in [-0.15, -0.1) is 0 Å². The summed E-state index contributed by atoms with van der Waals surface area (Å²) in [6.07, 6.45) is 2.14. The van der Waals surface area contributed by atoms with Crippen LogP contribution in [0.25, 0.3) is 11.1 Å². The van der Waals surface area contributed by atoms with Crippen LogP contribution in [0.1, 0.15) is 34.3 Å². The van der Waals surface area contributed by atoms with Gasteiger partial charge in [-0.05, 0) is 65.9 Å². The van der Waals surface area contributed by atoms with Gasteiger partial charge >= 0.3 is 0 Å². The number of benzene rings is 3. The number of nitrogens with one attached hydrogen (secondary N) is 1. The van der Waals surface area contributed by atoms with Crippen molar-refractivity contribution in [3.8, 4) is 22.9 Å². The highest BCUT2D eigenvalue weighted by Gasteiger charge is 2.19. The van der Waals surface area contributed by atoms with E-state index in [0.29, 0.717) is 23.4 Å². The number of ether oxygens (including phenoxy) is 1. The molecule has 1 N–H and O–H groups in total. The van der Waals surface area contributed by atoms with Crippen LogP contribution in [0.5, 0.6) is 5.75 Å². The standard InChI is InChI=1S/C27H25N3O3/c28-17-20-3-7-22(8-4-20)23-11-13-25(14-12-23)33-19-26(31)29-18-21-5-9-24(10-6-21)27(32)30-15-1-2-16-30/h3-14H,1-2,15-16,18-19H2,(H,29,31).